The first kappa shape index (κ1) is 20.1. The van der Waals surface area contributed by atoms with Crippen molar-refractivity contribution in [3.63, 3.8) is 0 Å². The lowest BCUT2D eigenvalue weighted by Crippen LogP contribution is -2.48. The molecule has 0 spiro atoms. The molecular weight excluding hydrogens is 322 g/mol. The third kappa shape index (κ3) is 7.08. The zero-order chi connectivity index (χ0) is 18.2. The molecule has 0 atom stereocenters. The molecule has 1 rings (SSSR count). The fraction of sp³-hybridized carbons (Fsp3) is 0.500. The van der Waals surface area contributed by atoms with Crippen molar-refractivity contribution in [2.45, 2.75) is 58.8 Å². The smallest absolute Gasteiger partial charge is 0.257 e. The number of unbranched alkanes of at least 4 members (excludes halogenated alkanes) is 2. The van der Waals surface area contributed by atoms with Crippen molar-refractivity contribution in [3.05, 3.63) is 35.4 Å². The molecule has 0 aromatic heterocycles. The second-order valence-electron chi connectivity index (χ2n) is 6.74. The van der Waals surface area contributed by atoms with E-state index in [-0.39, 0.29) is 22.3 Å². The second kappa shape index (κ2) is 9.37. The lowest BCUT2D eigenvalue weighted by atomic mass is 9.87. The van der Waals surface area contributed by atoms with Crippen LogP contribution in [0.1, 0.15) is 69.3 Å². The van der Waals surface area contributed by atoms with Gasteiger partial charge in [-0.2, -0.15) is 0 Å². The highest BCUT2D eigenvalue weighted by Gasteiger charge is 2.14. The average molecular weight is 350 g/mol. The number of carbonyl (C=O) groups excluding carboxylic acids is 2. The van der Waals surface area contributed by atoms with Gasteiger partial charge in [-0.15, -0.1) is 0 Å². The van der Waals surface area contributed by atoms with Crippen LogP contribution in [0.2, 0.25) is 0 Å². The first-order chi connectivity index (χ1) is 11.2. The minimum Gasteiger partial charge on any atom is -0.298 e. The number of benzene rings is 1. The van der Waals surface area contributed by atoms with Crippen molar-refractivity contribution < 1.29 is 9.59 Å². The fourth-order valence-electron chi connectivity index (χ4n) is 2.05. The SMILES string of the molecule is CCCCCC(=O)NNC(=S)NC(=O)c1ccc(C(C)(C)C)cc1. The minimum atomic E-state index is -0.312. The van der Waals surface area contributed by atoms with Gasteiger partial charge in [0, 0.05) is 12.0 Å². The minimum absolute atomic E-state index is 0.0356. The fourth-order valence-corrected chi connectivity index (χ4v) is 2.20. The Morgan fingerprint density at radius 1 is 1.04 bits per heavy atom. The molecule has 0 heterocycles. The van der Waals surface area contributed by atoms with Gasteiger partial charge in [0.1, 0.15) is 0 Å². The summed E-state index contributed by atoms with van der Waals surface area (Å²) in [6.45, 7) is 8.42. The van der Waals surface area contributed by atoms with E-state index in [0.717, 1.165) is 24.8 Å². The summed E-state index contributed by atoms with van der Waals surface area (Å²) < 4.78 is 0. The Morgan fingerprint density at radius 3 is 2.21 bits per heavy atom. The molecule has 0 fully saturated rings. The van der Waals surface area contributed by atoms with Crippen LogP contribution in [0, 0.1) is 0 Å². The molecule has 0 aliphatic rings. The maximum atomic E-state index is 12.1. The van der Waals surface area contributed by atoms with Gasteiger partial charge < -0.3 is 0 Å². The summed E-state index contributed by atoms with van der Waals surface area (Å²) in [7, 11) is 0. The van der Waals surface area contributed by atoms with Crippen molar-refractivity contribution in [2.75, 3.05) is 0 Å². The maximum Gasteiger partial charge on any atom is 0.257 e. The number of carbonyl (C=O) groups is 2. The van der Waals surface area contributed by atoms with Gasteiger partial charge in [-0.3, -0.25) is 25.8 Å². The lowest BCUT2D eigenvalue weighted by molar-refractivity contribution is -0.121. The zero-order valence-electron chi connectivity index (χ0n) is 14.9. The largest absolute Gasteiger partial charge is 0.298 e. The Morgan fingerprint density at radius 2 is 1.67 bits per heavy atom. The summed E-state index contributed by atoms with van der Waals surface area (Å²) >= 11 is 5.01. The first-order valence-corrected chi connectivity index (χ1v) is 8.65. The molecule has 24 heavy (non-hydrogen) atoms. The molecule has 1 aromatic rings. The van der Waals surface area contributed by atoms with Crippen LogP contribution in [0.3, 0.4) is 0 Å². The van der Waals surface area contributed by atoms with Crippen LogP contribution in [-0.4, -0.2) is 16.9 Å². The number of nitrogens with one attached hydrogen (secondary N) is 3. The lowest BCUT2D eigenvalue weighted by Gasteiger charge is -2.19. The van der Waals surface area contributed by atoms with Crippen LogP contribution in [0.4, 0.5) is 0 Å². The average Bonchev–Trinajstić information content (AvgIpc) is 2.52. The number of hydrogen-bond acceptors (Lipinski definition) is 3. The normalized spacial score (nSPS) is 10.8. The highest BCUT2D eigenvalue weighted by atomic mass is 32.1. The number of amides is 2. The Hall–Kier alpha value is -1.95. The van der Waals surface area contributed by atoms with Crippen LogP contribution < -0.4 is 16.2 Å². The predicted octanol–water partition coefficient (Wildman–Crippen LogP) is 3.20. The van der Waals surface area contributed by atoms with E-state index in [1.54, 1.807) is 12.1 Å². The molecule has 0 bridgehead atoms. The molecule has 0 aliphatic carbocycles. The van der Waals surface area contributed by atoms with Crippen molar-refractivity contribution >= 4 is 29.1 Å². The van der Waals surface area contributed by atoms with E-state index in [1.165, 1.54) is 0 Å². The van der Waals surface area contributed by atoms with Gasteiger partial charge in [0.05, 0.1) is 0 Å². The third-order valence-electron chi connectivity index (χ3n) is 3.56. The molecule has 1 aromatic carbocycles. The van der Waals surface area contributed by atoms with Crippen LogP contribution in [0.25, 0.3) is 0 Å². The third-order valence-corrected chi connectivity index (χ3v) is 3.77. The van der Waals surface area contributed by atoms with Gasteiger partial charge in [-0.05, 0) is 41.7 Å². The molecule has 132 valence electrons. The summed E-state index contributed by atoms with van der Waals surface area (Å²) in [6, 6.07) is 7.39. The van der Waals surface area contributed by atoms with Gasteiger partial charge >= 0.3 is 0 Å². The van der Waals surface area contributed by atoms with Gasteiger partial charge in [0.2, 0.25) is 5.91 Å². The quantitative estimate of drug-likeness (QED) is 0.434. The zero-order valence-corrected chi connectivity index (χ0v) is 15.7. The number of rotatable bonds is 5. The topological polar surface area (TPSA) is 70.2 Å². The van der Waals surface area contributed by atoms with E-state index in [1.807, 2.05) is 12.1 Å². The Balaban J connectivity index is 2.44. The molecule has 3 N–H and O–H groups in total. The predicted molar refractivity (Wildman–Crippen MR) is 101 cm³/mol. The van der Waals surface area contributed by atoms with Crippen LogP contribution in [-0.2, 0) is 10.2 Å². The van der Waals surface area contributed by atoms with Crippen molar-refractivity contribution in [2.24, 2.45) is 0 Å². The summed E-state index contributed by atoms with van der Waals surface area (Å²) in [6.07, 6.45) is 3.34. The highest BCUT2D eigenvalue weighted by Crippen LogP contribution is 2.22. The molecule has 0 radical (unpaired) electrons. The van der Waals surface area contributed by atoms with Crippen molar-refractivity contribution in [1.82, 2.24) is 16.2 Å². The Labute approximate surface area is 149 Å². The van der Waals surface area contributed by atoms with E-state index < -0.39 is 0 Å². The Bertz CT molecular complexity index is 577. The molecule has 5 nitrogen and oxygen atoms in total. The summed E-state index contributed by atoms with van der Waals surface area (Å²) in [5, 5.41) is 2.62. The summed E-state index contributed by atoms with van der Waals surface area (Å²) in [5.74, 6) is -0.456. The van der Waals surface area contributed by atoms with Gasteiger partial charge in [-0.25, -0.2) is 0 Å². The first-order valence-electron chi connectivity index (χ1n) is 8.24. The van der Waals surface area contributed by atoms with E-state index in [2.05, 4.69) is 43.9 Å². The molecule has 6 heteroatoms. The van der Waals surface area contributed by atoms with Crippen molar-refractivity contribution in [3.8, 4) is 0 Å². The number of hydrogen-bond donors (Lipinski definition) is 3. The van der Waals surface area contributed by atoms with Gasteiger partial charge in [0.15, 0.2) is 5.11 Å². The maximum absolute atomic E-state index is 12.1. The number of hydrazine groups is 1. The standard InChI is InChI=1S/C18H27N3O2S/c1-5-6-7-8-15(22)20-21-17(24)19-16(23)13-9-11-14(12-10-13)18(2,3)4/h9-12H,5-8H2,1-4H3,(H,20,22)(H2,19,21,23,24). The summed E-state index contributed by atoms with van der Waals surface area (Å²) in [5.41, 5.74) is 6.73. The molecule has 0 saturated heterocycles. The second-order valence-corrected chi connectivity index (χ2v) is 7.15. The van der Waals surface area contributed by atoms with E-state index in [9.17, 15) is 9.59 Å². The van der Waals surface area contributed by atoms with Gasteiger partial charge in [-0.1, -0.05) is 52.7 Å². The Kier molecular flexibility index (Phi) is 7.85. The highest BCUT2D eigenvalue weighted by molar-refractivity contribution is 7.80. The van der Waals surface area contributed by atoms with Crippen LogP contribution in [0.15, 0.2) is 24.3 Å². The number of thiocarbonyl (C=S) groups is 1. The van der Waals surface area contributed by atoms with Gasteiger partial charge in [0.25, 0.3) is 5.91 Å². The van der Waals surface area contributed by atoms with Crippen molar-refractivity contribution in [1.29, 1.82) is 0 Å². The van der Waals surface area contributed by atoms with Crippen LogP contribution in [0.5, 0.6) is 0 Å². The monoisotopic (exact) mass is 349 g/mol. The molecule has 2 amide bonds. The van der Waals surface area contributed by atoms with E-state index in [0.29, 0.717) is 12.0 Å². The van der Waals surface area contributed by atoms with Crippen LogP contribution >= 0.6 is 12.2 Å². The molecule has 0 unspecified atom stereocenters. The molecule has 0 aliphatic heterocycles. The van der Waals surface area contributed by atoms with E-state index >= 15 is 0 Å². The summed E-state index contributed by atoms with van der Waals surface area (Å²) in [4.78, 5) is 23.7. The molecular formula is C18H27N3O2S. The van der Waals surface area contributed by atoms with E-state index in [4.69, 9.17) is 12.2 Å². The molecule has 0 saturated carbocycles.